The minimum absolute atomic E-state index is 0.00185. The van der Waals surface area contributed by atoms with Gasteiger partial charge < -0.3 is 14.6 Å². The Labute approximate surface area is 109 Å². The van der Waals surface area contributed by atoms with E-state index < -0.39 is 12.8 Å². The van der Waals surface area contributed by atoms with Crippen LogP contribution in [0.2, 0.25) is 0 Å². The van der Waals surface area contributed by atoms with Crippen molar-refractivity contribution in [3.63, 3.8) is 0 Å². The molecule has 0 fully saturated rings. The molecule has 8 heteroatoms. The van der Waals surface area contributed by atoms with Gasteiger partial charge in [0.1, 0.15) is 18.3 Å². The fraction of sp³-hybridized carbons (Fsp3) is 0.818. The van der Waals surface area contributed by atoms with Crippen LogP contribution in [0.15, 0.2) is 0 Å². The molecule has 1 aliphatic rings. The largest absolute Gasteiger partial charge is 0.411 e. The maximum absolute atomic E-state index is 11.9. The topological polar surface area (TPSA) is 52.0 Å². The third-order valence-corrected chi connectivity index (χ3v) is 3.04. The summed E-state index contributed by atoms with van der Waals surface area (Å²) in [5.41, 5.74) is 0. The maximum atomic E-state index is 11.9. The van der Waals surface area contributed by atoms with Crippen molar-refractivity contribution < 1.29 is 17.9 Å². The van der Waals surface area contributed by atoms with Crippen molar-refractivity contribution >= 4 is 0 Å². The number of hydrogen-bond acceptors (Lipinski definition) is 4. The minimum Gasteiger partial charge on any atom is -0.372 e. The van der Waals surface area contributed by atoms with Crippen molar-refractivity contribution in [2.75, 3.05) is 19.8 Å². The Balaban J connectivity index is 1.90. The first-order valence-corrected chi connectivity index (χ1v) is 6.31. The number of hydrogen-bond donors (Lipinski definition) is 1. The van der Waals surface area contributed by atoms with Crippen molar-refractivity contribution in [3.8, 4) is 0 Å². The third kappa shape index (κ3) is 3.66. The summed E-state index contributed by atoms with van der Waals surface area (Å²) in [6.07, 6.45) is -3.02. The van der Waals surface area contributed by atoms with E-state index in [9.17, 15) is 13.2 Å². The Morgan fingerprint density at radius 2 is 2.21 bits per heavy atom. The number of nitrogens with one attached hydrogen (secondary N) is 1. The summed E-state index contributed by atoms with van der Waals surface area (Å²) in [5.74, 6) is 1.55. The van der Waals surface area contributed by atoms with Gasteiger partial charge in [-0.05, 0) is 6.42 Å². The molecule has 0 aliphatic carbocycles. The van der Waals surface area contributed by atoms with Gasteiger partial charge in [0.25, 0.3) is 0 Å². The number of rotatable bonds is 5. The molecule has 1 atom stereocenters. The molecule has 0 bridgehead atoms. The molecule has 2 rings (SSSR count). The van der Waals surface area contributed by atoms with E-state index in [-0.39, 0.29) is 12.6 Å². The Morgan fingerprint density at radius 3 is 2.89 bits per heavy atom. The smallest absolute Gasteiger partial charge is 0.372 e. The first-order chi connectivity index (χ1) is 9.01. The number of ether oxygens (including phenoxy) is 1. The van der Waals surface area contributed by atoms with Gasteiger partial charge in [0.2, 0.25) is 0 Å². The lowest BCUT2D eigenvalue weighted by atomic mass is 10.2. The van der Waals surface area contributed by atoms with Crippen LogP contribution >= 0.6 is 0 Å². The SMILES string of the molecule is CCC1NCCn2c(CCOCC(F)(F)F)nnc21. The predicted octanol–water partition coefficient (Wildman–Crippen LogP) is 1.45. The Morgan fingerprint density at radius 1 is 1.42 bits per heavy atom. The van der Waals surface area contributed by atoms with Gasteiger partial charge in [0.15, 0.2) is 0 Å². The van der Waals surface area contributed by atoms with E-state index in [4.69, 9.17) is 0 Å². The highest BCUT2D eigenvalue weighted by molar-refractivity contribution is 5.04. The zero-order valence-corrected chi connectivity index (χ0v) is 10.7. The van der Waals surface area contributed by atoms with Crippen molar-refractivity contribution in [3.05, 3.63) is 11.6 Å². The van der Waals surface area contributed by atoms with Crippen LogP contribution in [0.3, 0.4) is 0 Å². The van der Waals surface area contributed by atoms with E-state index in [1.165, 1.54) is 0 Å². The lowest BCUT2D eigenvalue weighted by Crippen LogP contribution is -2.34. The van der Waals surface area contributed by atoms with Crippen LogP contribution in [-0.2, 0) is 17.7 Å². The van der Waals surface area contributed by atoms with Gasteiger partial charge >= 0.3 is 6.18 Å². The van der Waals surface area contributed by atoms with Crippen LogP contribution < -0.4 is 5.32 Å². The van der Waals surface area contributed by atoms with Crippen LogP contribution in [0.25, 0.3) is 0 Å². The monoisotopic (exact) mass is 278 g/mol. The minimum atomic E-state index is -4.28. The summed E-state index contributed by atoms with van der Waals surface area (Å²) < 4.78 is 42.3. The second-order valence-electron chi connectivity index (χ2n) is 4.46. The lowest BCUT2D eigenvalue weighted by Gasteiger charge is -2.24. The molecule has 1 unspecified atom stereocenters. The summed E-state index contributed by atoms with van der Waals surface area (Å²) in [6, 6.07) is 0.172. The normalized spacial score (nSPS) is 19.5. The molecule has 0 amide bonds. The van der Waals surface area contributed by atoms with Crippen LogP contribution in [0.5, 0.6) is 0 Å². The van der Waals surface area contributed by atoms with E-state index in [0.29, 0.717) is 12.2 Å². The number of halogens is 3. The highest BCUT2D eigenvalue weighted by Crippen LogP contribution is 2.19. The fourth-order valence-electron chi connectivity index (χ4n) is 2.16. The number of aromatic nitrogens is 3. The Kier molecular flexibility index (Phi) is 4.41. The van der Waals surface area contributed by atoms with Crippen molar-refractivity contribution in [1.82, 2.24) is 20.1 Å². The lowest BCUT2D eigenvalue weighted by molar-refractivity contribution is -0.173. The van der Waals surface area contributed by atoms with Gasteiger partial charge in [-0.3, -0.25) is 0 Å². The third-order valence-electron chi connectivity index (χ3n) is 3.04. The zero-order chi connectivity index (χ0) is 13.9. The summed E-state index contributed by atoms with van der Waals surface area (Å²) in [4.78, 5) is 0. The summed E-state index contributed by atoms with van der Waals surface area (Å²) >= 11 is 0. The van der Waals surface area contributed by atoms with Crippen LogP contribution in [0.4, 0.5) is 13.2 Å². The van der Waals surface area contributed by atoms with Gasteiger partial charge in [-0.1, -0.05) is 6.92 Å². The summed E-state index contributed by atoms with van der Waals surface area (Å²) in [7, 11) is 0. The number of nitrogens with zero attached hydrogens (tertiary/aromatic N) is 3. The molecular weight excluding hydrogens is 261 g/mol. The van der Waals surface area contributed by atoms with Gasteiger partial charge in [-0.2, -0.15) is 13.2 Å². The van der Waals surface area contributed by atoms with Gasteiger partial charge in [-0.15, -0.1) is 10.2 Å². The van der Waals surface area contributed by atoms with Crippen LogP contribution in [0.1, 0.15) is 31.0 Å². The van der Waals surface area contributed by atoms with E-state index in [1.807, 2.05) is 11.5 Å². The average molecular weight is 278 g/mol. The second-order valence-corrected chi connectivity index (χ2v) is 4.46. The first-order valence-electron chi connectivity index (χ1n) is 6.31. The van der Waals surface area contributed by atoms with Gasteiger partial charge in [-0.25, -0.2) is 0 Å². The molecular formula is C11H17F3N4O. The van der Waals surface area contributed by atoms with E-state index in [0.717, 1.165) is 25.3 Å². The quantitative estimate of drug-likeness (QED) is 0.828. The molecule has 1 aromatic heterocycles. The van der Waals surface area contributed by atoms with Gasteiger partial charge in [0.05, 0.1) is 12.6 Å². The zero-order valence-electron chi connectivity index (χ0n) is 10.7. The first kappa shape index (κ1) is 14.3. The Hall–Kier alpha value is -1.15. The predicted molar refractivity (Wildman–Crippen MR) is 61.6 cm³/mol. The summed E-state index contributed by atoms with van der Waals surface area (Å²) in [5, 5.41) is 11.5. The molecule has 1 aliphatic heterocycles. The number of fused-ring (bicyclic) bond motifs is 1. The average Bonchev–Trinajstić information content (AvgIpc) is 2.76. The number of alkyl halides is 3. The molecule has 0 saturated carbocycles. The highest BCUT2D eigenvalue weighted by Gasteiger charge is 2.27. The molecule has 0 aromatic carbocycles. The highest BCUT2D eigenvalue weighted by atomic mass is 19.4. The molecule has 0 saturated heterocycles. The van der Waals surface area contributed by atoms with Crippen molar-refractivity contribution in [2.45, 2.75) is 38.5 Å². The van der Waals surface area contributed by atoms with Crippen LogP contribution in [0, 0.1) is 0 Å². The van der Waals surface area contributed by atoms with E-state index >= 15 is 0 Å². The molecule has 2 heterocycles. The standard InChI is InChI=1S/C11H17F3N4O/c1-2-8-10-17-16-9(18(10)5-4-15-8)3-6-19-7-11(12,13)14/h8,15H,2-7H2,1H3. The molecule has 1 aromatic rings. The fourth-order valence-corrected chi connectivity index (χ4v) is 2.16. The van der Waals surface area contributed by atoms with Crippen LogP contribution in [-0.4, -0.2) is 40.7 Å². The Bertz CT molecular complexity index is 419. The molecule has 1 N–H and O–H groups in total. The van der Waals surface area contributed by atoms with E-state index in [2.05, 4.69) is 20.3 Å². The van der Waals surface area contributed by atoms with E-state index in [1.54, 1.807) is 0 Å². The second kappa shape index (κ2) is 5.87. The molecule has 19 heavy (non-hydrogen) atoms. The van der Waals surface area contributed by atoms with Crippen molar-refractivity contribution in [2.24, 2.45) is 0 Å². The van der Waals surface area contributed by atoms with Gasteiger partial charge in [0, 0.05) is 19.5 Å². The molecule has 0 spiro atoms. The molecule has 108 valence electrons. The molecule has 0 radical (unpaired) electrons. The summed E-state index contributed by atoms with van der Waals surface area (Å²) in [6.45, 7) is 2.40. The maximum Gasteiger partial charge on any atom is 0.411 e. The molecule has 5 nitrogen and oxygen atoms in total. The van der Waals surface area contributed by atoms with Crippen molar-refractivity contribution in [1.29, 1.82) is 0 Å².